The number of anilines is 1. The van der Waals surface area contributed by atoms with Crippen molar-refractivity contribution in [3.05, 3.63) is 29.8 Å². The Morgan fingerprint density at radius 1 is 0.722 bits per heavy atom. The number of carbonyl (C=O) groups excluding carboxylic acids is 1. The normalized spacial score (nSPS) is 10.8. The van der Waals surface area contributed by atoms with Gasteiger partial charge in [-0.05, 0) is 66.7 Å². The van der Waals surface area contributed by atoms with E-state index in [2.05, 4.69) is 19.8 Å². The fourth-order valence-corrected chi connectivity index (χ4v) is 3.30. The van der Waals surface area contributed by atoms with Gasteiger partial charge < -0.3 is 34.8 Å². The molecule has 0 aliphatic rings. The highest BCUT2D eigenvalue weighted by atomic mass is 35.5. The molecule has 36 heavy (non-hydrogen) atoms. The van der Waals surface area contributed by atoms with Gasteiger partial charge in [0.1, 0.15) is 0 Å². The van der Waals surface area contributed by atoms with Crippen LogP contribution in [0.2, 0.25) is 0 Å². The monoisotopic (exact) mass is 566 g/mol. The topological polar surface area (TPSA) is 154 Å². The van der Waals surface area contributed by atoms with Crippen LogP contribution >= 0.6 is 35.3 Å². The Morgan fingerprint density at radius 3 is 1.61 bits per heavy atom. The zero-order valence-corrected chi connectivity index (χ0v) is 21.5. The van der Waals surface area contributed by atoms with Gasteiger partial charge in [0.25, 0.3) is 5.91 Å². The second kappa shape index (κ2) is 16.3. The first-order valence-electron chi connectivity index (χ1n) is 11.0. The average molecular weight is 568 g/mol. The molecule has 14 heteroatoms. The van der Waals surface area contributed by atoms with Gasteiger partial charge in [-0.3, -0.25) is 4.79 Å². The van der Waals surface area contributed by atoms with Gasteiger partial charge in [0.15, 0.2) is 28.7 Å². The molecule has 2 rings (SSSR count). The van der Waals surface area contributed by atoms with Crippen LogP contribution in [0.4, 0.5) is 5.69 Å². The van der Waals surface area contributed by atoms with Crippen molar-refractivity contribution >= 4 is 46.9 Å². The molecule has 0 spiro atoms. The summed E-state index contributed by atoms with van der Waals surface area (Å²) < 4.78 is 17.7. The van der Waals surface area contributed by atoms with Crippen molar-refractivity contribution in [2.45, 2.75) is 19.3 Å². The maximum atomic E-state index is 13.0. The molecule has 0 fully saturated rings. The van der Waals surface area contributed by atoms with Crippen LogP contribution in [0.15, 0.2) is 24.3 Å². The summed E-state index contributed by atoms with van der Waals surface area (Å²) in [5, 5.41) is 31.6. The first-order chi connectivity index (χ1) is 17.4. The molecule has 0 saturated carbocycles. The summed E-state index contributed by atoms with van der Waals surface area (Å²) in [6.45, 7) is 2.38. The molecule has 0 saturated heterocycles. The number of hydrogen-bond acceptors (Lipinski definition) is 10. The van der Waals surface area contributed by atoms with E-state index >= 15 is 0 Å². The molecular formula is C22H29Cl3N4O7. The quantitative estimate of drug-likeness (QED) is 0.0653. The molecule has 2 aromatic rings. The summed E-state index contributed by atoms with van der Waals surface area (Å²) in [7, 11) is 0. The van der Waals surface area contributed by atoms with Crippen LogP contribution in [0.1, 0.15) is 29.6 Å². The van der Waals surface area contributed by atoms with E-state index in [4.69, 9.17) is 49.5 Å². The van der Waals surface area contributed by atoms with Gasteiger partial charge in [0.2, 0.25) is 5.75 Å². The van der Waals surface area contributed by atoms with Crippen LogP contribution < -0.4 is 34.0 Å². The van der Waals surface area contributed by atoms with Gasteiger partial charge in [0.05, 0.1) is 19.8 Å². The second-order valence-electron chi connectivity index (χ2n) is 7.38. The predicted octanol–water partition coefficient (Wildman–Crippen LogP) is 3.59. The molecule has 0 aliphatic heterocycles. The number of hydrogen-bond donors (Lipinski definition) is 7. The van der Waals surface area contributed by atoms with Crippen LogP contribution in [0, 0.1) is 0 Å². The summed E-state index contributed by atoms with van der Waals surface area (Å²) in [6.07, 6.45) is 1.77. The number of nitrogens with one attached hydrogen (secondary N) is 4. The lowest BCUT2D eigenvalue weighted by atomic mass is 10.1. The van der Waals surface area contributed by atoms with Crippen molar-refractivity contribution in [2.24, 2.45) is 0 Å². The van der Waals surface area contributed by atoms with Crippen molar-refractivity contribution in [3.63, 3.8) is 0 Å². The van der Waals surface area contributed by atoms with Crippen molar-refractivity contribution < 1.29 is 34.3 Å². The van der Waals surface area contributed by atoms with Crippen molar-refractivity contribution in [1.29, 1.82) is 0 Å². The fraction of sp³-hybridized carbons (Fsp3) is 0.409. The minimum Gasteiger partial charge on any atom is -0.504 e. The molecule has 0 aromatic heterocycles. The first-order valence-corrected chi connectivity index (χ1v) is 12.2. The zero-order valence-electron chi connectivity index (χ0n) is 19.3. The van der Waals surface area contributed by atoms with Gasteiger partial charge >= 0.3 is 0 Å². The number of benzene rings is 2. The maximum Gasteiger partial charge on any atom is 0.255 e. The minimum atomic E-state index is -0.692. The molecule has 11 nitrogen and oxygen atoms in total. The molecule has 0 atom stereocenters. The Labute approximate surface area is 223 Å². The molecule has 1 amide bonds. The number of halogens is 3. The maximum absolute atomic E-state index is 13.0. The highest BCUT2D eigenvalue weighted by molar-refractivity contribution is 6.13. The summed E-state index contributed by atoms with van der Waals surface area (Å²) in [5.41, 5.74) is 0.223. The van der Waals surface area contributed by atoms with Gasteiger partial charge in [-0.15, -0.1) is 0 Å². The van der Waals surface area contributed by atoms with E-state index in [-0.39, 0.29) is 36.0 Å². The summed E-state index contributed by atoms with van der Waals surface area (Å²) in [5.74, 6) is -1.58. The van der Waals surface area contributed by atoms with E-state index in [9.17, 15) is 20.1 Å². The van der Waals surface area contributed by atoms with E-state index in [0.717, 1.165) is 12.1 Å². The molecule has 0 radical (unpaired) electrons. The zero-order chi connectivity index (χ0) is 26.3. The van der Waals surface area contributed by atoms with Crippen molar-refractivity contribution in [2.75, 3.05) is 44.8 Å². The highest BCUT2D eigenvalue weighted by Gasteiger charge is 2.20. The predicted molar refractivity (Wildman–Crippen MR) is 138 cm³/mol. The van der Waals surface area contributed by atoms with Gasteiger partial charge in [-0.25, -0.2) is 14.5 Å². The fourth-order valence-electron chi connectivity index (χ4n) is 2.90. The number of rotatable bonds is 17. The second-order valence-corrected chi connectivity index (χ2v) is 8.18. The smallest absolute Gasteiger partial charge is 0.255 e. The van der Waals surface area contributed by atoms with Gasteiger partial charge in [0, 0.05) is 43.0 Å². The summed E-state index contributed by atoms with van der Waals surface area (Å²) in [4.78, 5) is 20.6. The summed E-state index contributed by atoms with van der Waals surface area (Å²) >= 11 is 16.5. The van der Waals surface area contributed by atoms with E-state index in [1.165, 1.54) is 12.1 Å². The number of phenols is 3. The average Bonchev–Trinajstić information content (AvgIpc) is 2.86. The number of ether oxygens (including phenoxy) is 3. The van der Waals surface area contributed by atoms with Crippen LogP contribution in [-0.4, -0.2) is 60.7 Å². The van der Waals surface area contributed by atoms with Gasteiger partial charge in [-0.1, -0.05) is 0 Å². The van der Waals surface area contributed by atoms with Crippen molar-refractivity contribution in [1.82, 2.24) is 14.5 Å². The Bertz CT molecular complexity index is 929. The number of amides is 1. The SMILES string of the molecule is O=C(Nc1cc(O)c(O)c(O)c1)c1cc(OCCCNCl)c(OCCCNCl)c(OCCCNCl)c1. The van der Waals surface area contributed by atoms with Gasteiger partial charge in [-0.2, -0.15) is 0 Å². The molecule has 200 valence electrons. The lowest BCUT2D eigenvalue weighted by Gasteiger charge is -2.19. The third-order valence-corrected chi connectivity index (χ3v) is 5.19. The Balaban J connectivity index is 2.36. The van der Waals surface area contributed by atoms with Crippen LogP contribution in [0.3, 0.4) is 0 Å². The van der Waals surface area contributed by atoms with Crippen LogP contribution in [0.25, 0.3) is 0 Å². The molecule has 0 aliphatic carbocycles. The standard InChI is InChI=1S/C22H29Cl3N4O7/c23-26-4-1-7-34-18-10-14(22(33)29-15-12-16(30)20(32)17(31)13-15)11-19(35-8-2-5-27-24)21(18)36-9-3-6-28-25/h10-13,26-28,30-32H,1-9H2,(H,29,33). The lowest BCUT2D eigenvalue weighted by molar-refractivity contribution is 0.102. The lowest BCUT2D eigenvalue weighted by Crippen LogP contribution is -2.15. The largest absolute Gasteiger partial charge is 0.504 e. The Morgan fingerprint density at radius 2 is 1.17 bits per heavy atom. The molecular weight excluding hydrogens is 539 g/mol. The first kappa shape index (κ1) is 29.7. The molecule has 0 unspecified atom stereocenters. The van der Waals surface area contributed by atoms with Crippen molar-refractivity contribution in [3.8, 4) is 34.5 Å². The Kier molecular flexibility index (Phi) is 13.4. The number of carbonyl (C=O) groups is 1. The summed E-state index contributed by atoms with van der Waals surface area (Å²) in [6, 6.07) is 5.18. The molecule has 0 heterocycles. The molecule has 2 aromatic carbocycles. The van der Waals surface area contributed by atoms with E-state index in [1.807, 2.05) is 0 Å². The Hall–Kier alpha value is -2.54. The van der Waals surface area contributed by atoms with E-state index in [1.54, 1.807) is 0 Å². The van der Waals surface area contributed by atoms with E-state index < -0.39 is 23.2 Å². The van der Waals surface area contributed by atoms with E-state index in [0.29, 0.717) is 51.3 Å². The van der Waals surface area contributed by atoms with Crippen LogP contribution in [-0.2, 0) is 0 Å². The highest BCUT2D eigenvalue weighted by Crippen LogP contribution is 2.40. The number of aromatic hydroxyl groups is 3. The minimum absolute atomic E-state index is 0.0630. The third kappa shape index (κ3) is 9.49. The molecule has 0 bridgehead atoms. The number of phenolic OH excluding ortho intramolecular Hbond substituents is 3. The third-order valence-electron chi connectivity index (χ3n) is 4.62. The van der Waals surface area contributed by atoms with Crippen LogP contribution in [0.5, 0.6) is 34.5 Å². The molecule has 7 N–H and O–H groups in total.